The molecule has 2 atom stereocenters. The first-order valence-electron chi connectivity index (χ1n) is 6.42. The van der Waals surface area contributed by atoms with Crippen LogP contribution in [0.5, 0.6) is 0 Å². The predicted molar refractivity (Wildman–Crippen MR) is 71.6 cm³/mol. The van der Waals surface area contributed by atoms with Crippen molar-refractivity contribution in [3.63, 3.8) is 0 Å². The molecule has 0 unspecified atom stereocenters. The van der Waals surface area contributed by atoms with E-state index in [1.807, 2.05) is 0 Å². The minimum absolute atomic E-state index is 0.0294. The molecule has 1 aliphatic carbocycles. The lowest BCUT2D eigenvalue weighted by atomic mass is 10.1. The molecule has 0 radical (unpaired) electrons. The van der Waals surface area contributed by atoms with Crippen molar-refractivity contribution in [2.24, 2.45) is 11.7 Å². The van der Waals surface area contributed by atoms with Crippen LogP contribution in [0.2, 0.25) is 0 Å². The van der Waals surface area contributed by atoms with Gasteiger partial charge < -0.3 is 5.73 Å². The number of aryl methyl sites for hydroxylation is 1. The molecular formula is C13H19FN2O2S. The maximum absolute atomic E-state index is 13.5. The summed E-state index contributed by atoms with van der Waals surface area (Å²) in [5, 5.41) is 0. The van der Waals surface area contributed by atoms with E-state index in [-0.39, 0.29) is 16.9 Å². The Hall–Kier alpha value is -0.980. The fourth-order valence-electron chi connectivity index (χ4n) is 2.48. The van der Waals surface area contributed by atoms with Crippen LogP contribution in [0.4, 0.5) is 4.39 Å². The van der Waals surface area contributed by atoms with Gasteiger partial charge >= 0.3 is 0 Å². The summed E-state index contributed by atoms with van der Waals surface area (Å²) in [6, 6.07) is 3.82. The van der Waals surface area contributed by atoms with Crippen molar-refractivity contribution in [3.8, 4) is 0 Å². The first-order chi connectivity index (χ1) is 8.94. The SMILES string of the molecule is Cc1ccc(S(=O)(=O)N[C@H]2CCC[C@H]2CN)cc1F. The number of nitrogens with two attached hydrogens (primary N) is 1. The molecule has 1 fully saturated rings. The molecular weight excluding hydrogens is 267 g/mol. The second-order valence-corrected chi connectivity index (χ2v) is 6.78. The van der Waals surface area contributed by atoms with E-state index in [9.17, 15) is 12.8 Å². The van der Waals surface area contributed by atoms with Crippen molar-refractivity contribution in [3.05, 3.63) is 29.6 Å². The summed E-state index contributed by atoms with van der Waals surface area (Å²) in [5.41, 5.74) is 6.06. The molecule has 1 saturated carbocycles. The Kier molecular flexibility index (Phi) is 4.23. The Balaban J connectivity index is 2.20. The van der Waals surface area contributed by atoms with Gasteiger partial charge in [0.05, 0.1) is 4.90 Å². The van der Waals surface area contributed by atoms with Gasteiger partial charge in [-0.1, -0.05) is 12.5 Å². The number of halogens is 1. The van der Waals surface area contributed by atoms with E-state index < -0.39 is 15.8 Å². The predicted octanol–water partition coefficient (Wildman–Crippen LogP) is 1.54. The minimum atomic E-state index is -3.67. The molecule has 106 valence electrons. The van der Waals surface area contributed by atoms with E-state index in [0.717, 1.165) is 25.3 Å². The lowest BCUT2D eigenvalue weighted by Gasteiger charge is -2.19. The van der Waals surface area contributed by atoms with E-state index >= 15 is 0 Å². The smallest absolute Gasteiger partial charge is 0.240 e. The average molecular weight is 286 g/mol. The summed E-state index contributed by atoms with van der Waals surface area (Å²) >= 11 is 0. The van der Waals surface area contributed by atoms with E-state index in [4.69, 9.17) is 5.73 Å². The van der Waals surface area contributed by atoms with Crippen LogP contribution in [-0.4, -0.2) is 21.0 Å². The lowest BCUT2D eigenvalue weighted by molar-refractivity contribution is 0.452. The highest BCUT2D eigenvalue weighted by atomic mass is 32.2. The zero-order valence-electron chi connectivity index (χ0n) is 10.9. The second kappa shape index (κ2) is 5.56. The largest absolute Gasteiger partial charge is 0.330 e. The third kappa shape index (κ3) is 3.13. The summed E-state index contributed by atoms with van der Waals surface area (Å²) in [7, 11) is -3.67. The molecule has 1 aromatic rings. The highest BCUT2D eigenvalue weighted by Crippen LogP contribution is 2.26. The monoisotopic (exact) mass is 286 g/mol. The molecule has 1 aromatic carbocycles. The Labute approximate surface area is 113 Å². The van der Waals surface area contributed by atoms with Gasteiger partial charge in [0.15, 0.2) is 0 Å². The topological polar surface area (TPSA) is 72.2 Å². The molecule has 0 saturated heterocycles. The van der Waals surface area contributed by atoms with Crippen molar-refractivity contribution >= 4 is 10.0 Å². The first-order valence-corrected chi connectivity index (χ1v) is 7.91. The molecule has 0 heterocycles. The lowest BCUT2D eigenvalue weighted by Crippen LogP contribution is -2.39. The maximum Gasteiger partial charge on any atom is 0.240 e. The summed E-state index contributed by atoms with van der Waals surface area (Å²) in [6.07, 6.45) is 2.69. The number of benzene rings is 1. The number of sulfonamides is 1. The van der Waals surface area contributed by atoms with Gasteiger partial charge in [0.1, 0.15) is 5.82 Å². The number of hydrogen-bond donors (Lipinski definition) is 2. The van der Waals surface area contributed by atoms with Crippen molar-refractivity contribution in [2.45, 2.75) is 37.1 Å². The second-order valence-electron chi connectivity index (χ2n) is 5.07. The van der Waals surface area contributed by atoms with E-state index in [2.05, 4.69) is 4.72 Å². The Morgan fingerprint density at radius 2 is 2.16 bits per heavy atom. The molecule has 0 aromatic heterocycles. The van der Waals surface area contributed by atoms with Crippen LogP contribution < -0.4 is 10.5 Å². The fraction of sp³-hybridized carbons (Fsp3) is 0.538. The first kappa shape index (κ1) is 14.4. The summed E-state index contributed by atoms with van der Waals surface area (Å²) < 4.78 is 40.5. The van der Waals surface area contributed by atoms with Crippen molar-refractivity contribution in [1.82, 2.24) is 4.72 Å². The third-order valence-electron chi connectivity index (χ3n) is 3.72. The quantitative estimate of drug-likeness (QED) is 0.882. The molecule has 0 spiro atoms. The van der Waals surface area contributed by atoms with Gasteiger partial charge in [-0.25, -0.2) is 17.5 Å². The molecule has 0 bridgehead atoms. The highest BCUT2D eigenvalue weighted by Gasteiger charge is 2.30. The average Bonchev–Trinajstić information content (AvgIpc) is 2.79. The van der Waals surface area contributed by atoms with Gasteiger partial charge in [0.2, 0.25) is 10.0 Å². The van der Waals surface area contributed by atoms with Crippen LogP contribution in [0.15, 0.2) is 23.1 Å². The van der Waals surface area contributed by atoms with Crippen LogP contribution in [0, 0.1) is 18.7 Å². The van der Waals surface area contributed by atoms with Gasteiger partial charge in [-0.2, -0.15) is 0 Å². The van der Waals surface area contributed by atoms with Crippen LogP contribution in [0.1, 0.15) is 24.8 Å². The molecule has 4 nitrogen and oxygen atoms in total. The van der Waals surface area contributed by atoms with Gasteiger partial charge in [0.25, 0.3) is 0 Å². The molecule has 0 amide bonds. The Morgan fingerprint density at radius 1 is 1.42 bits per heavy atom. The van der Waals surface area contributed by atoms with Gasteiger partial charge in [-0.15, -0.1) is 0 Å². The van der Waals surface area contributed by atoms with Crippen molar-refractivity contribution < 1.29 is 12.8 Å². The standard InChI is InChI=1S/C13H19FN2O2S/c1-9-5-6-11(7-12(9)14)19(17,18)16-13-4-2-3-10(13)8-15/h5-7,10,13,16H,2-4,8,15H2,1H3/t10-,13-/m0/s1. The summed E-state index contributed by atoms with van der Waals surface area (Å²) in [5.74, 6) is -0.338. The zero-order chi connectivity index (χ0) is 14.0. The van der Waals surface area contributed by atoms with Crippen LogP contribution in [0.3, 0.4) is 0 Å². The van der Waals surface area contributed by atoms with Crippen LogP contribution in [-0.2, 0) is 10.0 Å². The Bertz CT molecular complexity index is 560. The van der Waals surface area contributed by atoms with E-state index in [0.29, 0.717) is 12.1 Å². The van der Waals surface area contributed by atoms with Crippen molar-refractivity contribution in [2.75, 3.05) is 6.54 Å². The maximum atomic E-state index is 13.5. The fourth-order valence-corrected chi connectivity index (χ4v) is 3.83. The van der Waals surface area contributed by atoms with Gasteiger partial charge in [-0.05, 0) is 49.9 Å². The molecule has 19 heavy (non-hydrogen) atoms. The number of rotatable bonds is 4. The third-order valence-corrected chi connectivity index (χ3v) is 5.21. The minimum Gasteiger partial charge on any atom is -0.330 e. The summed E-state index contributed by atoms with van der Waals surface area (Å²) in [4.78, 5) is -0.0294. The number of hydrogen-bond acceptors (Lipinski definition) is 3. The highest BCUT2D eigenvalue weighted by molar-refractivity contribution is 7.89. The van der Waals surface area contributed by atoms with Gasteiger partial charge in [0, 0.05) is 6.04 Å². The molecule has 6 heteroatoms. The normalized spacial score (nSPS) is 23.7. The zero-order valence-corrected chi connectivity index (χ0v) is 11.7. The van der Waals surface area contributed by atoms with E-state index in [1.54, 1.807) is 6.92 Å². The molecule has 3 N–H and O–H groups in total. The Morgan fingerprint density at radius 3 is 2.79 bits per heavy atom. The molecule has 2 rings (SSSR count). The summed E-state index contributed by atoms with van der Waals surface area (Å²) in [6.45, 7) is 2.07. The van der Waals surface area contributed by atoms with Gasteiger partial charge in [-0.3, -0.25) is 0 Å². The number of nitrogens with one attached hydrogen (secondary N) is 1. The molecule has 1 aliphatic rings. The van der Waals surface area contributed by atoms with Crippen LogP contribution >= 0.6 is 0 Å². The van der Waals surface area contributed by atoms with Crippen LogP contribution in [0.25, 0.3) is 0 Å². The molecule has 0 aliphatic heterocycles. The van der Waals surface area contributed by atoms with E-state index in [1.165, 1.54) is 12.1 Å². The van der Waals surface area contributed by atoms with Crippen molar-refractivity contribution in [1.29, 1.82) is 0 Å².